The molecule has 0 aromatic heterocycles. The van der Waals surface area contributed by atoms with E-state index in [1.54, 1.807) is 0 Å². The van der Waals surface area contributed by atoms with Gasteiger partial charge in [-0.15, -0.1) is 0 Å². The summed E-state index contributed by atoms with van der Waals surface area (Å²) in [6.45, 7) is 2.45. The fraction of sp³-hybridized carbons (Fsp3) is 1.00. The molecule has 0 aliphatic carbocycles. The molecule has 2 rings (SSSR count). The minimum atomic E-state index is -3.36. The molecule has 17 heavy (non-hydrogen) atoms. The van der Waals surface area contributed by atoms with E-state index in [0.717, 1.165) is 0 Å². The SMILES string of the molecule is O=S1CCC(NS(=O)(=O)N2CCNCC2)CC1. The van der Waals surface area contributed by atoms with Crippen LogP contribution in [0.4, 0.5) is 0 Å². The van der Waals surface area contributed by atoms with Gasteiger partial charge in [0.1, 0.15) is 0 Å². The van der Waals surface area contributed by atoms with Gasteiger partial charge in [-0.25, -0.2) is 0 Å². The normalized spacial score (nSPS) is 32.5. The van der Waals surface area contributed by atoms with Gasteiger partial charge in [0.05, 0.1) is 0 Å². The molecule has 100 valence electrons. The average molecular weight is 281 g/mol. The van der Waals surface area contributed by atoms with Gasteiger partial charge in [0.2, 0.25) is 0 Å². The van der Waals surface area contributed by atoms with Crippen molar-refractivity contribution < 1.29 is 12.6 Å². The zero-order valence-corrected chi connectivity index (χ0v) is 11.4. The molecule has 2 saturated heterocycles. The van der Waals surface area contributed by atoms with Gasteiger partial charge in [0, 0.05) is 54.5 Å². The van der Waals surface area contributed by atoms with E-state index in [1.165, 1.54) is 4.31 Å². The van der Waals surface area contributed by atoms with Crippen molar-refractivity contribution in [1.29, 1.82) is 0 Å². The molecule has 0 atom stereocenters. The molecule has 8 heteroatoms. The number of nitrogens with one attached hydrogen (secondary N) is 2. The van der Waals surface area contributed by atoms with Gasteiger partial charge in [0.15, 0.2) is 0 Å². The van der Waals surface area contributed by atoms with Gasteiger partial charge in [-0.3, -0.25) is 4.21 Å². The number of piperazine rings is 1. The molecule has 2 aliphatic heterocycles. The highest BCUT2D eigenvalue weighted by molar-refractivity contribution is 7.87. The molecular weight excluding hydrogens is 262 g/mol. The Morgan fingerprint density at radius 1 is 1.18 bits per heavy atom. The summed E-state index contributed by atoms with van der Waals surface area (Å²) in [5, 5.41) is 3.12. The van der Waals surface area contributed by atoms with E-state index >= 15 is 0 Å². The number of hydrogen-bond acceptors (Lipinski definition) is 4. The highest BCUT2D eigenvalue weighted by Crippen LogP contribution is 2.11. The summed E-state index contributed by atoms with van der Waals surface area (Å²) in [6, 6.07) is -0.0485. The van der Waals surface area contributed by atoms with E-state index < -0.39 is 21.0 Å². The second-order valence-electron chi connectivity index (χ2n) is 4.39. The smallest absolute Gasteiger partial charge is 0.279 e. The quantitative estimate of drug-likeness (QED) is 0.669. The average Bonchev–Trinajstić information content (AvgIpc) is 2.33. The van der Waals surface area contributed by atoms with Crippen LogP contribution in [0.2, 0.25) is 0 Å². The Hall–Kier alpha value is -0.0200. The molecule has 2 fully saturated rings. The Morgan fingerprint density at radius 3 is 2.35 bits per heavy atom. The van der Waals surface area contributed by atoms with Gasteiger partial charge < -0.3 is 5.32 Å². The highest BCUT2D eigenvalue weighted by Gasteiger charge is 2.28. The van der Waals surface area contributed by atoms with Crippen LogP contribution in [0.15, 0.2) is 0 Å². The van der Waals surface area contributed by atoms with Crippen LogP contribution >= 0.6 is 0 Å². The Morgan fingerprint density at radius 2 is 1.76 bits per heavy atom. The maximum atomic E-state index is 12.0. The molecule has 2 heterocycles. The van der Waals surface area contributed by atoms with Crippen molar-refractivity contribution in [2.24, 2.45) is 0 Å². The second kappa shape index (κ2) is 5.75. The van der Waals surface area contributed by atoms with Crippen LogP contribution in [0.5, 0.6) is 0 Å². The van der Waals surface area contributed by atoms with E-state index in [1.807, 2.05) is 0 Å². The van der Waals surface area contributed by atoms with Gasteiger partial charge in [-0.05, 0) is 12.8 Å². The lowest BCUT2D eigenvalue weighted by molar-refractivity contribution is 0.349. The largest absolute Gasteiger partial charge is 0.314 e. The summed E-state index contributed by atoms with van der Waals surface area (Å²) in [7, 11) is -4.11. The van der Waals surface area contributed by atoms with Gasteiger partial charge in [-0.2, -0.15) is 17.4 Å². The Balaban J connectivity index is 1.90. The molecule has 2 N–H and O–H groups in total. The predicted octanol–water partition coefficient (Wildman–Crippen LogP) is -1.36. The van der Waals surface area contributed by atoms with Crippen LogP contribution in [0.1, 0.15) is 12.8 Å². The van der Waals surface area contributed by atoms with Crippen molar-refractivity contribution >= 4 is 21.0 Å². The zero-order chi connectivity index (χ0) is 12.3. The molecule has 0 unspecified atom stereocenters. The van der Waals surface area contributed by atoms with Gasteiger partial charge in [0.25, 0.3) is 10.2 Å². The van der Waals surface area contributed by atoms with Crippen molar-refractivity contribution in [1.82, 2.24) is 14.3 Å². The molecule has 0 aromatic carbocycles. The van der Waals surface area contributed by atoms with Crippen molar-refractivity contribution in [2.45, 2.75) is 18.9 Å². The third-order valence-electron chi connectivity index (χ3n) is 3.12. The van der Waals surface area contributed by atoms with Crippen molar-refractivity contribution in [3.05, 3.63) is 0 Å². The van der Waals surface area contributed by atoms with Crippen LogP contribution in [-0.2, 0) is 21.0 Å². The fourth-order valence-corrected chi connectivity index (χ4v) is 4.85. The van der Waals surface area contributed by atoms with Crippen LogP contribution in [0.25, 0.3) is 0 Å². The summed E-state index contributed by atoms with van der Waals surface area (Å²) >= 11 is 0. The lowest BCUT2D eigenvalue weighted by Gasteiger charge is -2.30. The first-order chi connectivity index (χ1) is 8.08. The molecule has 0 aromatic rings. The first kappa shape index (κ1) is 13.4. The summed E-state index contributed by atoms with van der Waals surface area (Å²) in [5.41, 5.74) is 0. The number of nitrogens with zero attached hydrogens (tertiary/aromatic N) is 1. The molecule has 0 bridgehead atoms. The molecule has 0 radical (unpaired) electrons. The minimum Gasteiger partial charge on any atom is -0.314 e. The monoisotopic (exact) mass is 281 g/mol. The fourth-order valence-electron chi connectivity index (χ4n) is 2.08. The van der Waals surface area contributed by atoms with Crippen LogP contribution in [-0.4, -0.2) is 60.7 Å². The summed E-state index contributed by atoms with van der Waals surface area (Å²) in [4.78, 5) is 0. The third-order valence-corrected chi connectivity index (χ3v) is 6.18. The predicted molar refractivity (Wildman–Crippen MR) is 67.4 cm³/mol. The first-order valence-corrected chi connectivity index (χ1v) is 8.84. The molecule has 0 spiro atoms. The summed E-state index contributed by atoms with van der Waals surface area (Å²) in [5.74, 6) is 1.21. The number of rotatable bonds is 3. The van der Waals surface area contributed by atoms with Crippen LogP contribution in [0.3, 0.4) is 0 Å². The van der Waals surface area contributed by atoms with E-state index in [4.69, 9.17) is 0 Å². The van der Waals surface area contributed by atoms with E-state index in [2.05, 4.69) is 10.0 Å². The lowest BCUT2D eigenvalue weighted by Crippen LogP contribution is -2.53. The van der Waals surface area contributed by atoms with E-state index in [-0.39, 0.29) is 6.04 Å². The van der Waals surface area contributed by atoms with E-state index in [9.17, 15) is 12.6 Å². The minimum absolute atomic E-state index is 0.0485. The van der Waals surface area contributed by atoms with Crippen molar-refractivity contribution in [2.75, 3.05) is 37.7 Å². The molecule has 6 nitrogen and oxygen atoms in total. The Bertz CT molecular complexity index is 369. The third kappa shape index (κ3) is 3.72. The van der Waals surface area contributed by atoms with Crippen molar-refractivity contribution in [3.63, 3.8) is 0 Å². The van der Waals surface area contributed by atoms with E-state index in [0.29, 0.717) is 50.5 Å². The molecular formula is C9H19N3O3S2. The summed E-state index contributed by atoms with van der Waals surface area (Å²) < 4.78 is 39.5. The standard InChI is InChI=1S/C9H19N3O3S2/c13-16-7-1-9(2-8-16)11-17(14,15)12-5-3-10-4-6-12/h9-11H,1-8H2. The maximum Gasteiger partial charge on any atom is 0.279 e. The first-order valence-electron chi connectivity index (χ1n) is 5.91. The molecule has 0 amide bonds. The molecule has 0 saturated carbocycles. The summed E-state index contributed by atoms with van der Waals surface area (Å²) in [6.07, 6.45) is 1.36. The number of hydrogen-bond donors (Lipinski definition) is 2. The zero-order valence-electron chi connectivity index (χ0n) is 9.72. The highest BCUT2D eigenvalue weighted by atomic mass is 32.2. The lowest BCUT2D eigenvalue weighted by atomic mass is 10.2. The second-order valence-corrected chi connectivity index (χ2v) is 7.79. The topological polar surface area (TPSA) is 78.5 Å². The molecule has 2 aliphatic rings. The van der Waals surface area contributed by atoms with Crippen LogP contribution in [0, 0.1) is 0 Å². The van der Waals surface area contributed by atoms with Crippen molar-refractivity contribution in [3.8, 4) is 0 Å². The Kier molecular flexibility index (Phi) is 4.53. The Labute approximate surface area is 105 Å². The maximum absolute atomic E-state index is 12.0. The van der Waals surface area contributed by atoms with Gasteiger partial charge >= 0.3 is 0 Å². The van der Waals surface area contributed by atoms with Crippen LogP contribution < -0.4 is 10.0 Å². The van der Waals surface area contributed by atoms with Gasteiger partial charge in [-0.1, -0.05) is 0 Å².